The Balaban J connectivity index is 1.73. The van der Waals surface area contributed by atoms with Gasteiger partial charge in [0.15, 0.2) is 9.84 Å². The van der Waals surface area contributed by atoms with Crippen molar-refractivity contribution in [2.24, 2.45) is 17.3 Å². The number of carbonyl (C=O) groups excluding carboxylic acids is 2. The summed E-state index contributed by atoms with van der Waals surface area (Å²) in [7, 11) is -3.84. The summed E-state index contributed by atoms with van der Waals surface area (Å²) >= 11 is 0. The maximum Gasteiger partial charge on any atom is 0.410 e. The van der Waals surface area contributed by atoms with Crippen molar-refractivity contribution in [3.05, 3.63) is 24.3 Å². The first-order valence-electron chi connectivity index (χ1n) is 11.2. The molecule has 0 radical (unpaired) electrons. The predicted octanol–water partition coefficient (Wildman–Crippen LogP) is 2.63. The Hall–Kier alpha value is -2.77. The van der Waals surface area contributed by atoms with Crippen LogP contribution in [-0.2, 0) is 19.4 Å². The second kappa shape index (κ2) is 9.84. The van der Waals surface area contributed by atoms with Gasteiger partial charge in [0.1, 0.15) is 18.0 Å². The van der Waals surface area contributed by atoms with Crippen molar-refractivity contribution in [1.82, 2.24) is 10.4 Å². The van der Waals surface area contributed by atoms with Crippen LogP contribution in [0.4, 0.5) is 4.79 Å². The first-order chi connectivity index (χ1) is 15.9. The van der Waals surface area contributed by atoms with E-state index < -0.39 is 38.6 Å². The molecule has 2 amide bonds. The predicted molar refractivity (Wildman–Crippen MR) is 124 cm³/mol. The number of ether oxygens (including phenoxy) is 2. The minimum Gasteiger partial charge on any atom is -0.481 e. The maximum absolute atomic E-state index is 13.2. The zero-order valence-electron chi connectivity index (χ0n) is 20.0. The topological polar surface area (TPSA) is 122 Å². The third-order valence-electron chi connectivity index (χ3n) is 6.25. The van der Waals surface area contributed by atoms with E-state index in [1.807, 2.05) is 0 Å². The summed E-state index contributed by atoms with van der Waals surface area (Å²) in [5, 5.41) is 9.39. The monoisotopic (exact) mass is 492 g/mol. The van der Waals surface area contributed by atoms with Gasteiger partial charge in [0.25, 0.3) is 5.91 Å². The number of benzene rings is 1. The Kier molecular flexibility index (Phi) is 7.48. The van der Waals surface area contributed by atoms with Gasteiger partial charge < -0.3 is 14.4 Å². The Bertz CT molecular complexity index is 1070. The quantitative estimate of drug-likeness (QED) is 0.356. The molecule has 1 saturated carbocycles. The van der Waals surface area contributed by atoms with Crippen LogP contribution in [0.1, 0.15) is 40.5 Å². The summed E-state index contributed by atoms with van der Waals surface area (Å²) in [5.74, 6) is 4.69. The summed E-state index contributed by atoms with van der Waals surface area (Å²) in [6.07, 6.45) is 0.0813. The molecular formula is C24H32N2O7S. The summed E-state index contributed by atoms with van der Waals surface area (Å²) in [6, 6.07) is 5.97. The number of nitrogens with one attached hydrogen (secondary N) is 1. The van der Waals surface area contributed by atoms with Gasteiger partial charge in [-0.1, -0.05) is 5.92 Å². The van der Waals surface area contributed by atoms with Crippen LogP contribution in [0.2, 0.25) is 0 Å². The van der Waals surface area contributed by atoms with E-state index in [9.17, 15) is 23.2 Å². The standard InChI is InChI=1S/C24H32N2O7S/c1-5-6-11-32-19-7-9-20(10-8-19)34(30,31)16-24(21(27)25-29)12-17-14-26(15-18(17)13-24)22(28)33-23(2,3)4/h7-10,17-18,29H,11-16H2,1-4H3,(H,25,27)/t17-,18+,24?. The largest absolute Gasteiger partial charge is 0.481 e. The average molecular weight is 493 g/mol. The van der Waals surface area contributed by atoms with Crippen LogP contribution in [0.15, 0.2) is 29.2 Å². The molecule has 2 aliphatic rings. The zero-order valence-corrected chi connectivity index (χ0v) is 20.8. The first-order valence-corrected chi connectivity index (χ1v) is 12.8. The smallest absolute Gasteiger partial charge is 0.410 e. The molecule has 1 aromatic carbocycles. The number of hydroxylamine groups is 1. The Morgan fingerprint density at radius 2 is 1.76 bits per heavy atom. The van der Waals surface area contributed by atoms with E-state index in [-0.39, 0.29) is 36.2 Å². The van der Waals surface area contributed by atoms with Gasteiger partial charge in [-0.15, -0.1) is 5.92 Å². The van der Waals surface area contributed by atoms with Crippen molar-refractivity contribution in [3.63, 3.8) is 0 Å². The molecule has 1 saturated heterocycles. The van der Waals surface area contributed by atoms with Crippen molar-refractivity contribution in [2.45, 2.75) is 51.0 Å². The molecule has 186 valence electrons. The molecule has 3 rings (SSSR count). The lowest BCUT2D eigenvalue weighted by Crippen LogP contribution is -2.44. The highest BCUT2D eigenvalue weighted by atomic mass is 32.2. The molecule has 1 heterocycles. The molecule has 10 heteroatoms. The number of sulfone groups is 1. The van der Waals surface area contributed by atoms with Gasteiger partial charge in [0, 0.05) is 13.1 Å². The Morgan fingerprint density at radius 1 is 1.18 bits per heavy atom. The SMILES string of the molecule is CC#CCOc1ccc(S(=O)(=O)CC2(C(=O)NO)C[C@H]3CN(C(=O)OC(C)(C)C)C[C@H]3C2)cc1. The molecule has 2 N–H and O–H groups in total. The van der Waals surface area contributed by atoms with Crippen molar-refractivity contribution >= 4 is 21.8 Å². The lowest BCUT2D eigenvalue weighted by molar-refractivity contribution is -0.138. The number of amides is 2. The minimum absolute atomic E-state index is 0.0598. The van der Waals surface area contributed by atoms with Crippen LogP contribution < -0.4 is 10.2 Å². The van der Waals surface area contributed by atoms with Crippen molar-refractivity contribution in [1.29, 1.82) is 0 Å². The summed E-state index contributed by atoms with van der Waals surface area (Å²) in [6.45, 7) is 8.04. The first kappa shape index (κ1) is 25.8. The molecule has 34 heavy (non-hydrogen) atoms. The van der Waals surface area contributed by atoms with Crippen molar-refractivity contribution in [3.8, 4) is 17.6 Å². The highest BCUT2D eigenvalue weighted by Gasteiger charge is 2.55. The van der Waals surface area contributed by atoms with E-state index in [1.54, 1.807) is 50.2 Å². The van der Waals surface area contributed by atoms with E-state index in [4.69, 9.17) is 9.47 Å². The highest BCUT2D eigenvalue weighted by Crippen LogP contribution is 2.50. The molecule has 1 aliphatic carbocycles. The van der Waals surface area contributed by atoms with E-state index in [0.29, 0.717) is 18.8 Å². The molecule has 0 spiro atoms. The van der Waals surface area contributed by atoms with Gasteiger partial charge in [-0.25, -0.2) is 18.7 Å². The minimum atomic E-state index is -3.84. The van der Waals surface area contributed by atoms with E-state index >= 15 is 0 Å². The van der Waals surface area contributed by atoms with Crippen LogP contribution in [0.5, 0.6) is 5.75 Å². The van der Waals surface area contributed by atoms with Crippen LogP contribution in [0.3, 0.4) is 0 Å². The number of rotatable bonds is 6. The lowest BCUT2D eigenvalue weighted by atomic mass is 9.86. The molecule has 9 nitrogen and oxygen atoms in total. The Morgan fingerprint density at radius 3 is 2.26 bits per heavy atom. The van der Waals surface area contributed by atoms with Gasteiger partial charge >= 0.3 is 6.09 Å². The van der Waals surface area contributed by atoms with Gasteiger partial charge in [-0.05, 0) is 76.6 Å². The fourth-order valence-electron chi connectivity index (χ4n) is 4.83. The van der Waals surface area contributed by atoms with Crippen LogP contribution >= 0.6 is 0 Å². The molecule has 1 unspecified atom stereocenters. The fraction of sp³-hybridized carbons (Fsp3) is 0.583. The molecule has 0 bridgehead atoms. The molecule has 0 aromatic heterocycles. The molecule has 1 aromatic rings. The van der Waals surface area contributed by atoms with Crippen molar-refractivity contribution in [2.75, 3.05) is 25.4 Å². The molecule has 2 fully saturated rings. The van der Waals surface area contributed by atoms with E-state index in [0.717, 1.165) is 0 Å². The van der Waals surface area contributed by atoms with Gasteiger partial charge in [-0.2, -0.15) is 0 Å². The number of nitrogens with zero attached hydrogens (tertiary/aromatic N) is 1. The second-order valence-corrected chi connectivity index (χ2v) is 12.0. The second-order valence-electron chi connectivity index (χ2n) is 9.98. The van der Waals surface area contributed by atoms with Crippen LogP contribution in [-0.4, -0.2) is 61.6 Å². The maximum atomic E-state index is 13.2. The molecular weight excluding hydrogens is 460 g/mol. The van der Waals surface area contributed by atoms with Crippen LogP contribution in [0, 0.1) is 29.1 Å². The van der Waals surface area contributed by atoms with E-state index in [1.165, 1.54) is 12.1 Å². The highest BCUT2D eigenvalue weighted by molar-refractivity contribution is 7.91. The zero-order chi connectivity index (χ0) is 25.1. The number of fused-ring (bicyclic) bond motifs is 1. The third kappa shape index (κ3) is 5.83. The third-order valence-corrected chi connectivity index (χ3v) is 8.18. The van der Waals surface area contributed by atoms with Crippen LogP contribution in [0.25, 0.3) is 0 Å². The van der Waals surface area contributed by atoms with E-state index in [2.05, 4.69) is 11.8 Å². The fourth-order valence-corrected chi connectivity index (χ4v) is 6.64. The average Bonchev–Trinajstić information content (AvgIpc) is 3.29. The van der Waals surface area contributed by atoms with Gasteiger partial charge in [-0.3, -0.25) is 10.0 Å². The number of hydrogen-bond acceptors (Lipinski definition) is 7. The number of hydrogen-bond donors (Lipinski definition) is 2. The lowest BCUT2D eigenvalue weighted by Gasteiger charge is -2.29. The normalized spacial score (nSPS) is 24.1. The number of likely N-dealkylation sites (tertiary alicyclic amines) is 1. The van der Waals surface area contributed by atoms with Gasteiger partial charge in [0.2, 0.25) is 0 Å². The van der Waals surface area contributed by atoms with Crippen molar-refractivity contribution < 1.29 is 32.7 Å². The molecule has 1 aliphatic heterocycles. The summed E-state index contributed by atoms with van der Waals surface area (Å²) in [5.41, 5.74) is -0.228. The summed E-state index contributed by atoms with van der Waals surface area (Å²) in [4.78, 5) is 26.8. The molecule has 3 atom stereocenters. The Labute approximate surface area is 200 Å². The summed E-state index contributed by atoms with van der Waals surface area (Å²) < 4.78 is 37.3. The van der Waals surface area contributed by atoms with Gasteiger partial charge in [0.05, 0.1) is 16.1 Å². The number of carbonyl (C=O) groups is 2.